The van der Waals surface area contributed by atoms with Crippen LogP contribution in [0.3, 0.4) is 0 Å². The lowest BCUT2D eigenvalue weighted by molar-refractivity contribution is -0.146. The number of halogens is 1. The van der Waals surface area contributed by atoms with Gasteiger partial charge in [-0.15, -0.1) is 12.4 Å². The van der Waals surface area contributed by atoms with Gasteiger partial charge in [0.25, 0.3) is 5.91 Å². The van der Waals surface area contributed by atoms with Crippen LogP contribution in [-0.2, 0) is 9.53 Å². The molecule has 0 unspecified atom stereocenters. The number of hydrogen-bond acceptors (Lipinski definition) is 4. The van der Waals surface area contributed by atoms with Gasteiger partial charge < -0.3 is 20.1 Å². The van der Waals surface area contributed by atoms with Crippen LogP contribution in [0, 0.1) is 6.92 Å². The van der Waals surface area contributed by atoms with E-state index >= 15 is 0 Å². The lowest BCUT2D eigenvalue weighted by Crippen LogP contribution is -2.54. The van der Waals surface area contributed by atoms with Gasteiger partial charge in [-0.3, -0.25) is 4.79 Å². The van der Waals surface area contributed by atoms with Crippen molar-refractivity contribution < 1.29 is 14.3 Å². The van der Waals surface area contributed by atoms with E-state index in [1.807, 2.05) is 24.3 Å². The Morgan fingerprint density at radius 1 is 1.21 bits per heavy atom. The summed E-state index contributed by atoms with van der Waals surface area (Å²) >= 11 is 0. The fraction of sp³-hybridized carbons (Fsp3) is 0.611. The van der Waals surface area contributed by atoms with Crippen LogP contribution in [0.25, 0.3) is 0 Å². The first-order chi connectivity index (χ1) is 11.2. The molecule has 0 spiro atoms. The van der Waals surface area contributed by atoms with Crippen molar-refractivity contribution >= 4 is 18.3 Å². The molecule has 0 radical (unpaired) electrons. The second-order valence-electron chi connectivity index (χ2n) is 6.07. The molecular weight excluding hydrogens is 328 g/mol. The van der Waals surface area contributed by atoms with Crippen LogP contribution in [0.4, 0.5) is 0 Å². The number of aryl methyl sites for hydroxylation is 1. The van der Waals surface area contributed by atoms with E-state index in [-0.39, 0.29) is 18.3 Å². The molecule has 0 atom stereocenters. The minimum atomic E-state index is -0.649. The summed E-state index contributed by atoms with van der Waals surface area (Å²) in [5.74, 6) is 0.911. The number of nitrogens with one attached hydrogen (secondary N) is 2. The minimum Gasteiger partial charge on any atom is -0.494 e. The Kier molecular flexibility index (Phi) is 9.11. The number of unbranched alkanes of at least 4 members (excludes halogenated alkanes) is 1. The molecule has 1 aromatic carbocycles. The molecule has 2 rings (SSSR count). The van der Waals surface area contributed by atoms with Gasteiger partial charge in [0.1, 0.15) is 11.4 Å². The number of carbonyl (C=O) groups is 1. The molecule has 1 aliphatic heterocycles. The Bertz CT molecular complexity index is 488. The summed E-state index contributed by atoms with van der Waals surface area (Å²) in [7, 11) is 1.63. The van der Waals surface area contributed by atoms with Crippen molar-refractivity contribution in [2.45, 2.75) is 38.2 Å². The van der Waals surface area contributed by atoms with Crippen LogP contribution >= 0.6 is 12.4 Å². The van der Waals surface area contributed by atoms with Gasteiger partial charge >= 0.3 is 0 Å². The summed E-state index contributed by atoms with van der Waals surface area (Å²) in [4.78, 5) is 12.3. The number of rotatable bonds is 8. The molecule has 136 valence electrons. The summed E-state index contributed by atoms with van der Waals surface area (Å²) < 4.78 is 11.2. The van der Waals surface area contributed by atoms with Gasteiger partial charge in [0.05, 0.1) is 6.61 Å². The summed E-state index contributed by atoms with van der Waals surface area (Å²) in [6, 6.07) is 8.05. The van der Waals surface area contributed by atoms with Crippen LogP contribution in [0.5, 0.6) is 5.75 Å². The summed E-state index contributed by atoms with van der Waals surface area (Å²) in [5, 5.41) is 6.26. The minimum absolute atomic E-state index is 0. The Hall–Kier alpha value is -1.30. The molecule has 24 heavy (non-hydrogen) atoms. The second kappa shape index (κ2) is 10.5. The Morgan fingerprint density at radius 2 is 1.88 bits per heavy atom. The highest BCUT2D eigenvalue weighted by atomic mass is 35.5. The highest BCUT2D eigenvalue weighted by molar-refractivity contribution is 5.85. The molecule has 5 nitrogen and oxygen atoms in total. The third-order valence-corrected chi connectivity index (χ3v) is 4.36. The summed E-state index contributed by atoms with van der Waals surface area (Å²) in [6.45, 7) is 5.03. The number of amides is 1. The van der Waals surface area contributed by atoms with Crippen LogP contribution in [0.1, 0.15) is 31.2 Å². The molecule has 6 heteroatoms. The Labute approximate surface area is 150 Å². The summed E-state index contributed by atoms with van der Waals surface area (Å²) in [6.07, 6.45) is 3.27. The van der Waals surface area contributed by atoms with Crippen molar-refractivity contribution in [3.8, 4) is 5.75 Å². The number of piperidine rings is 1. The van der Waals surface area contributed by atoms with Gasteiger partial charge in [-0.05, 0) is 57.8 Å². The SMILES string of the molecule is COC1(C(=O)NCCCCOc2ccc(C)cc2)CCNCC1.Cl. The molecule has 0 aliphatic carbocycles. The quantitative estimate of drug-likeness (QED) is 0.702. The second-order valence-corrected chi connectivity index (χ2v) is 6.07. The highest BCUT2D eigenvalue weighted by Gasteiger charge is 2.39. The largest absolute Gasteiger partial charge is 0.494 e. The van der Waals surface area contributed by atoms with Crippen molar-refractivity contribution in [2.75, 3.05) is 33.4 Å². The van der Waals surface area contributed by atoms with Crippen molar-refractivity contribution in [3.63, 3.8) is 0 Å². The van der Waals surface area contributed by atoms with Crippen LogP contribution in [0.2, 0.25) is 0 Å². The number of ether oxygens (including phenoxy) is 2. The van der Waals surface area contributed by atoms with E-state index in [1.54, 1.807) is 7.11 Å². The number of carbonyl (C=O) groups excluding carboxylic acids is 1. The third kappa shape index (κ3) is 5.96. The zero-order valence-electron chi connectivity index (χ0n) is 14.6. The van der Waals surface area contributed by atoms with Gasteiger partial charge in [-0.25, -0.2) is 0 Å². The van der Waals surface area contributed by atoms with E-state index in [0.29, 0.717) is 13.2 Å². The number of hydrogen-bond donors (Lipinski definition) is 2. The van der Waals surface area contributed by atoms with Crippen molar-refractivity contribution in [2.24, 2.45) is 0 Å². The first-order valence-electron chi connectivity index (χ1n) is 8.40. The molecule has 1 aromatic rings. The molecule has 1 heterocycles. The lowest BCUT2D eigenvalue weighted by atomic mass is 9.91. The fourth-order valence-corrected chi connectivity index (χ4v) is 2.77. The van der Waals surface area contributed by atoms with E-state index in [4.69, 9.17) is 9.47 Å². The molecule has 0 aromatic heterocycles. The van der Waals surface area contributed by atoms with E-state index in [2.05, 4.69) is 17.6 Å². The van der Waals surface area contributed by atoms with Crippen molar-refractivity contribution in [1.29, 1.82) is 0 Å². The van der Waals surface area contributed by atoms with E-state index in [9.17, 15) is 4.79 Å². The topological polar surface area (TPSA) is 59.6 Å². The smallest absolute Gasteiger partial charge is 0.252 e. The van der Waals surface area contributed by atoms with E-state index in [1.165, 1.54) is 5.56 Å². The first kappa shape index (κ1) is 20.7. The predicted molar refractivity (Wildman–Crippen MR) is 98.0 cm³/mol. The fourth-order valence-electron chi connectivity index (χ4n) is 2.77. The van der Waals surface area contributed by atoms with Crippen LogP contribution in [0.15, 0.2) is 24.3 Å². The maximum atomic E-state index is 12.3. The first-order valence-corrected chi connectivity index (χ1v) is 8.40. The Morgan fingerprint density at radius 3 is 2.50 bits per heavy atom. The Balaban J connectivity index is 0.00000288. The highest BCUT2D eigenvalue weighted by Crippen LogP contribution is 2.22. The van der Waals surface area contributed by atoms with E-state index in [0.717, 1.165) is 44.5 Å². The molecule has 2 N–H and O–H groups in total. The lowest BCUT2D eigenvalue weighted by Gasteiger charge is -2.34. The monoisotopic (exact) mass is 356 g/mol. The average Bonchev–Trinajstić information content (AvgIpc) is 2.60. The zero-order chi connectivity index (χ0) is 16.5. The van der Waals surface area contributed by atoms with Crippen LogP contribution < -0.4 is 15.4 Å². The number of benzene rings is 1. The van der Waals surface area contributed by atoms with Gasteiger partial charge in [0.2, 0.25) is 0 Å². The molecule has 0 saturated carbocycles. The standard InChI is InChI=1S/C18H28N2O3.ClH/c1-15-5-7-16(8-6-15)23-14-4-3-11-20-17(21)18(22-2)9-12-19-13-10-18;/h5-8,19H,3-4,9-14H2,1-2H3,(H,20,21);1H. The molecular formula is C18H29ClN2O3. The molecule has 1 aliphatic rings. The van der Waals surface area contributed by atoms with Crippen molar-refractivity contribution in [3.05, 3.63) is 29.8 Å². The zero-order valence-corrected chi connectivity index (χ0v) is 15.4. The van der Waals surface area contributed by atoms with Gasteiger partial charge in [0.15, 0.2) is 0 Å². The molecule has 0 bridgehead atoms. The van der Waals surface area contributed by atoms with Gasteiger partial charge in [-0.2, -0.15) is 0 Å². The maximum Gasteiger partial charge on any atom is 0.252 e. The average molecular weight is 357 g/mol. The number of methoxy groups -OCH3 is 1. The van der Waals surface area contributed by atoms with Crippen LogP contribution in [-0.4, -0.2) is 44.9 Å². The maximum absolute atomic E-state index is 12.3. The molecule has 1 saturated heterocycles. The van der Waals surface area contributed by atoms with Gasteiger partial charge in [0, 0.05) is 13.7 Å². The predicted octanol–water partition coefficient (Wildman–Crippen LogP) is 2.46. The van der Waals surface area contributed by atoms with Gasteiger partial charge in [-0.1, -0.05) is 17.7 Å². The third-order valence-electron chi connectivity index (χ3n) is 4.36. The summed E-state index contributed by atoms with van der Waals surface area (Å²) in [5.41, 5.74) is 0.578. The molecule has 1 fully saturated rings. The van der Waals surface area contributed by atoms with E-state index < -0.39 is 5.60 Å². The molecule has 1 amide bonds. The normalized spacial score (nSPS) is 16.1. The van der Waals surface area contributed by atoms with Crippen molar-refractivity contribution in [1.82, 2.24) is 10.6 Å².